The van der Waals surface area contributed by atoms with Gasteiger partial charge in [-0.3, -0.25) is 14.9 Å². The predicted octanol–water partition coefficient (Wildman–Crippen LogP) is 2.32. The standard InChI is InChI=1S/C14H18ClN3O3/c1-16-8-10-3-2-6-17(9-10)14(19)12-7-11(18(20)21)4-5-13(12)15/h4-5,7,10,16H,2-3,6,8-9H2,1H3. The molecular formula is C14H18ClN3O3. The minimum atomic E-state index is -0.521. The van der Waals surface area contributed by atoms with Crippen LogP contribution in [0.1, 0.15) is 23.2 Å². The second-order valence-corrected chi connectivity index (χ2v) is 5.65. The quantitative estimate of drug-likeness (QED) is 0.684. The van der Waals surface area contributed by atoms with Crippen LogP contribution in [0, 0.1) is 16.0 Å². The number of carbonyl (C=O) groups is 1. The van der Waals surface area contributed by atoms with E-state index in [1.54, 1.807) is 4.90 Å². The molecule has 114 valence electrons. The highest BCUT2D eigenvalue weighted by atomic mass is 35.5. The molecule has 0 bridgehead atoms. The number of piperidine rings is 1. The Bertz CT molecular complexity index is 548. The molecule has 1 aliphatic heterocycles. The van der Waals surface area contributed by atoms with Crippen molar-refractivity contribution in [3.63, 3.8) is 0 Å². The van der Waals surface area contributed by atoms with Gasteiger partial charge in [0, 0.05) is 25.2 Å². The lowest BCUT2D eigenvalue weighted by Gasteiger charge is -2.33. The second kappa shape index (κ2) is 6.87. The summed E-state index contributed by atoms with van der Waals surface area (Å²) in [5.41, 5.74) is 0.0857. The first-order valence-corrected chi connectivity index (χ1v) is 7.28. The summed E-state index contributed by atoms with van der Waals surface area (Å²) in [6.45, 7) is 2.17. The van der Waals surface area contributed by atoms with E-state index >= 15 is 0 Å². The normalized spacial score (nSPS) is 18.6. The van der Waals surface area contributed by atoms with Crippen LogP contribution in [0.3, 0.4) is 0 Å². The number of non-ortho nitro benzene ring substituents is 1. The topological polar surface area (TPSA) is 75.5 Å². The van der Waals surface area contributed by atoms with Crippen molar-refractivity contribution < 1.29 is 9.72 Å². The van der Waals surface area contributed by atoms with Gasteiger partial charge in [0.1, 0.15) is 0 Å². The van der Waals surface area contributed by atoms with E-state index in [1.165, 1.54) is 18.2 Å². The lowest BCUT2D eigenvalue weighted by Crippen LogP contribution is -2.42. The van der Waals surface area contributed by atoms with Gasteiger partial charge < -0.3 is 10.2 Å². The summed E-state index contributed by atoms with van der Waals surface area (Å²) in [5.74, 6) is 0.176. The van der Waals surface area contributed by atoms with Crippen LogP contribution in [0.25, 0.3) is 0 Å². The smallest absolute Gasteiger partial charge is 0.270 e. The molecule has 1 unspecified atom stereocenters. The maximum absolute atomic E-state index is 12.5. The number of rotatable bonds is 4. The third kappa shape index (κ3) is 3.71. The molecule has 0 radical (unpaired) electrons. The Hall–Kier alpha value is -1.66. The van der Waals surface area contributed by atoms with Crippen molar-refractivity contribution in [3.05, 3.63) is 38.9 Å². The fourth-order valence-electron chi connectivity index (χ4n) is 2.67. The Kier molecular flexibility index (Phi) is 5.14. The first kappa shape index (κ1) is 15.7. The zero-order valence-corrected chi connectivity index (χ0v) is 12.6. The SMILES string of the molecule is CNCC1CCCN(C(=O)c2cc([N+](=O)[O-])ccc2Cl)C1. The van der Waals surface area contributed by atoms with Gasteiger partial charge >= 0.3 is 0 Å². The summed E-state index contributed by atoms with van der Waals surface area (Å²) in [4.78, 5) is 24.6. The molecule has 1 aliphatic rings. The van der Waals surface area contributed by atoms with Crippen LogP contribution in [0.15, 0.2) is 18.2 Å². The molecule has 1 fully saturated rings. The Labute approximate surface area is 128 Å². The Balaban J connectivity index is 2.19. The Morgan fingerprint density at radius 1 is 1.57 bits per heavy atom. The van der Waals surface area contributed by atoms with E-state index in [0.29, 0.717) is 19.0 Å². The lowest BCUT2D eigenvalue weighted by atomic mass is 9.97. The van der Waals surface area contributed by atoms with E-state index in [1.807, 2.05) is 7.05 Å². The highest BCUT2D eigenvalue weighted by Gasteiger charge is 2.26. The molecule has 21 heavy (non-hydrogen) atoms. The van der Waals surface area contributed by atoms with E-state index in [4.69, 9.17) is 11.6 Å². The van der Waals surface area contributed by atoms with Gasteiger partial charge in [0.25, 0.3) is 11.6 Å². The van der Waals surface area contributed by atoms with Crippen molar-refractivity contribution in [1.82, 2.24) is 10.2 Å². The van der Waals surface area contributed by atoms with E-state index in [2.05, 4.69) is 5.32 Å². The predicted molar refractivity (Wildman–Crippen MR) is 80.7 cm³/mol. The number of nitro benzene ring substituents is 1. The molecule has 6 nitrogen and oxygen atoms in total. The number of amides is 1. The van der Waals surface area contributed by atoms with Crippen molar-refractivity contribution in [2.45, 2.75) is 12.8 Å². The van der Waals surface area contributed by atoms with Gasteiger partial charge in [0.05, 0.1) is 15.5 Å². The highest BCUT2D eigenvalue weighted by molar-refractivity contribution is 6.33. The monoisotopic (exact) mass is 311 g/mol. The highest BCUT2D eigenvalue weighted by Crippen LogP contribution is 2.25. The minimum Gasteiger partial charge on any atom is -0.338 e. The third-order valence-electron chi connectivity index (χ3n) is 3.69. The van der Waals surface area contributed by atoms with Gasteiger partial charge in [0.2, 0.25) is 0 Å². The average Bonchev–Trinajstić information content (AvgIpc) is 2.47. The van der Waals surface area contributed by atoms with E-state index in [-0.39, 0.29) is 22.2 Å². The lowest BCUT2D eigenvalue weighted by molar-refractivity contribution is -0.384. The average molecular weight is 312 g/mol. The van der Waals surface area contributed by atoms with Crippen LogP contribution in [0.4, 0.5) is 5.69 Å². The third-order valence-corrected chi connectivity index (χ3v) is 4.02. The van der Waals surface area contributed by atoms with Gasteiger partial charge in [-0.1, -0.05) is 11.6 Å². The molecule has 7 heteroatoms. The molecule has 1 heterocycles. The van der Waals surface area contributed by atoms with Crippen LogP contribution in [0.2, 0.25) is 5.02 Å². The molecule has 1 aromatic rings. The van der Waals surface area contributed by atoms with E-state index in [9.17, 15) is 14.9 Å². The first-order chi connectivity index (χ1) is 10.0. The summed E-state index contributed by atoms with van der Waals surface area (Å²) in [7, 11) is 1.89. The summed E-state index contributed by atoms with van der Waals surface area (Å²) in [6.07, 6.45) is 2.01. The fourth-order valence-corrected chi connectivity index (χ4v) is 2.86. The molecule has 1 atom stereocenters. The number of nitro groups is 1. The molecular weight excluding hydrogens is 294 g/mol. The maximum Gasteiger partial charge on any atom is 0.270 e. The Morgan fingerprint density at radius 3 is 3.00 bits per heavy atom. The molecule has 1 aromatic carbocycles. The van der Waals surface area contributed by atoms with Crippen LogP contribution in [-0.4, -0.2) is 42.4 Å². The van der Waals surface area contributed by atoms with Crippen LogP contribution in [0.5, 0.6) is 0 Å². The van der Waals surface area contributed by atoms with Gasteiger partial charge in [-0.15, -0.1) is 0 Å². The molecule has 2 rings (SSSR count). The van der Waals surface area contributed by atoms with E-state index < -0.39 is 4.92 Å². The second-order valence-electron chi connectivity index (χ2n) is 5.24. The largest absolute Gasteiger partial charge is 0.338 e. The van der Waals surface area contributed by atoms with Gasteiger partial charge in [-0.25, -0.2) is 0 Å². The van der Waals surface area contributed by atoms with Gasteiger partial charge in [-0.2, -0.15) is 0 Å². The number of hydrogen-bond donors (Lipinski definition) is 1. The first-order valence-electron chi connectivity index (χ1n) is 6.90. The van der Waals surface area contributed by atoms with Crippen molar-refractivity contribution >= 4 is 23.2 Å². The number of nitrogens with one attached hydrogen (secondary N) is 1. The number of likely N-dealkylation sites (tertiary alicyclic amines) is 1. The fraction of sp³-hybridized carbons (Fsp3) is 0.500. The molecule has 0 saturated carbocycles. The summed E-state index contributed by atoms with van der Waals surface area (Å²) < 4.78 is 0. The zero-order valence-electron chi connectivity index (χ0n) is 11.8. The number of nitrogens with zero attached hydrogens (tertiary/aromatic N) is 2. The van der Waals surface area contributed by atoms with Crippen LogP contribution >= 0.6 is 11.6 Å². The summed E-state index contributed by atoms with van der Waals surface area (Å²) in [6, 6.07) is 3.97. The molecule has 1 N–H and O–H groups in total. The molecule has 0 spiro atoms. The minimum absolute atomic E-state index is 0.119. The molecule has 1 amide bonds. The molecule has 1 saturated heterocycles. The molecule has 0 aromatic heterocycles. The van der Waals surface area contributed by atoms with E-state index in [0.717, 1.165) is 19.4 Å². The summed E-state index contributed by atoms with van der Waals surface area (Å²) >= 11 is 6.03. The number of halogens is 1. The molecule has 0 aliphatic carbocycles. The zero-order chi connectivity index (χ0) is 15.4. The van der Waals surface area contributed by atoms with Crippen molar-refractivity contribution in [2.75, 3.05) is 26.7 Å². The van der Waals surface area contributed by atoms with Crippen molar-refractivity contribution in [3.8, 4) is 0 Å². The van der Waals surface area contributed by atoms with Crippen LogP contribution in [-0.2, 0) is 0 Å². The number of hydrogen-bond acceptors (Lipinski definition) is 4. The van der Waals surface area contributed by atoms with Gasteiger partial charge in [0.15, 0.2) is 0 Å². The summed E-state index contributed by atoms with van der Waals surface area (Å²) in [5, 5.41) is 14.2. The number of benzene rings is 1. The van der Waals surface area contributed by atoms with Crippen molar-refractivity contribution in [1.29, 1.82) is 0 Å². The van der Waals surface area contributed by atoms with Crippen LogP contribution < -0.4 is 5.32 Å². The maximum atomic E-state index is 12.5. The van der Waals surface area contributed by atoms with Gasteiger partial charge in [-0.05, 0) is 38.4 Å². The Morgan fingerprint density at radius 2 is 2.33 bits per heavy atom. The number of carbonyl (C=O) groups excluding carboxylic acids is 1. The van der Waals surface area contributed by atoms with Crippen molar-refractivity contribution in [2.24, 2.45) is 5.92 Å².